The number of hydrogen-bond acceptors (Lipinski definition) is 4. The van der Waals surface area contributed by atoms with Gasteiger partial charge in [0.15, 0.2) is 0 Å². The number of hydrogen-bond donors (Lipinski definition) is 1. The van der Waals surface area contributed by atoms with Crippen LogP contribution in [-0.2, 0) is 10.0 Å². The number of nitrogen functional groups attached to an aromatic ring is 1. The zero-order chi connectivity index (χ0) is 15.0. The van der Waals surface area contributed by atoms with Crippen LogP contribution in [0.2, 0.25) is 0 Å². The van der Waals surface area contributed by atoms with Gasteiger partial charge < -0.3 is 5.73 Å². The molecule has 1 aliphatic heterocycles. The maximum Gasteiger partial charge on any atom is 0.243 e. The first-order valence-corrected chi connectivity index (χ1v) is 8.92. The van der Waals surface area contributed by atoms with E-state index in [0.29, 0.717) is 6.54 Å². The summed E-state index contributed by atoms with van der Waals surface area (Å²) >= 11 is 1.54. The van der Waals surface area contributed by atoms with Crippen LogP contribution < -0.4 is 5.73 Å². The Balaban J connectivity index is 1.99. The van der Waals surface area contributed by atoms with Crippen molar-refractivity contribution in [2.75, 3.05) is 12.3 Å². The molecule has 1 aromatic carbocycles. The molecule has 1 saturated heterocycles. The molecule has 3 rings (SSSR count). The predicted octanol–water partition coefficient (Wildman–Crippen LogP) is 3.00. The molecular formula is C14H15FN2O2S2. The Morgan fingerprint density at radius 2 is 2.14 bits per heavy atom. The lowest BCUT2D eigenvalue weighted by molar-refractivity contribution is 0.400. The maximum atomic E-state index is 13.6. The van der Waals surface area contributed by atoms with E-state index in [1.807, 2.05) is 17.5 Å². The third-order valence-corrected chi connectivity index (χ3v) is 6.53. The highest BCUT2D eigenvalue weighted by Crippen LogP contribution is 2.38. The smallest absolute Gasteiger partial charge is 0.243 e. The molecule has 0 bridgehead atoms. The van der Waals surface area contributed by atoms with E-state index in [2.05, 4.69) is 0 Å². The van der Waals surface area contributed by atoms with Gasteiger partial charge in [-0.2, -0.15) is 4.31 Å². The number of nitrogens with zero attached hydrogens (tertiary/aromatic N) is 1. The topological polar surface area (TPSA) is 63.4 Å². The Morgan fingerprint density at radius 1 is 1.33 bits per heavy atom. The third kappa shape index (κ3) is 2.56. The molecule has 0 aliphatic carbocycles. The summed E-state index contributed by atoms with van der Waals surface area (Å²) in [6, 6.07) is 7.33. The van der Waals surface area contributed by atoms with Crippen molar-refractivity contribution in [1.82, 2.24) is 4.31 Å². The molecule has 1 aromatic heterocycles. The van der Waals surface area contributed by atoms with E-state index in [4.69, 9.17) is 5.73 Å². The van der Waals surface area contributed by atoms with Gasteiger partial charge in [-0.1, -0.05) is 6.07 Å². The summed E-state index contributed by atoms with van der Waals surface area (Å²) in [4.78, 5) is 0.977. The first kappa shape index (κ1) is 14.5. The molecule has 0 radical (unpaired) electrons. The number of halogens is 1. The van der Waals surface area contributed by atoms with Crippen molar-refractivity contribution in [2.24, 2.45) is 0 Å². The van der Waals surface area contributed by atoms with Gasteiger partial charge in [-0.15, -0.1) is 11.3 Å². The van der Waals surface area contributed by atoms with Gasteiger partial charge in [0.1, 0.15) is 5.82 Å². The standard InChI is InChI=1S/C14H15FN2O2S2/c15-11-9-10(5-6-12(11)16)21(18,19)17-7-1-3-13(17)14-4-2-8-20-14/h2,4-6,8-9,13H,1,3,7,16H2. The molecule has 2 N–H and O–H groups in total. The van der Waals surface area contributed by atoms with E-state index in [1.165, 1.54) is 16.4 Å². The van der Waals surface area contributed by atoms with Crippen molar-refractivity contribution in [3.05, 3.63) is 46.4 Å². The summed E-state index contributed by atoms with van der Waals surface area (Å²) < 4.78 is 40.5. The first-order valence-electron chi connectivity index (χ1n) is 6.60. The minimum absolute atomic E-state index is 0.0438. The zero-order valence-corrected chi connectivity index (χ0v) is 12.8. The average Bonchev–Trinajstić information content (AvgIpc) is 3.11. The summed E-state index contributed by atoms with van der Waals surface area (Å²) in [5.41, 5.74) is 5.36. The minimum atomic E-state index is -3.71. The Labute approximate surface area is 127 Å². The lowest BCUT2D eigenvalue weighted by Gasteiger charge is -2.23. The van der Waals surface area contributed by atoms with Crippen molar-refractivity contribution in [2.45, 2.75) is 23.8 Å². The highest BCUT2D eigenvalue weighted by Gasteiger charge is 2.36. The number of sulfonamides is 1. The Hall–Kier alpha value is -1.44. The van der Waals surface area contributed by atoms with Crippen LogP contribution in [0.4, 0.5) is 10.1 Å². The fourth-order valence-corrected chi connectivity index (χ4v) is 5.22. The molecule has 0 spiro atoms. The van der Waals surface area contributed by atoms with E-state index in [1.54, 1.807) is 11.3 Å². The van der Waals surface area contributed by atoms with Gasteiger partial charge in [-0.3, -0.25) is 0 Å². The Morgan fingerprint density at radius 3 is 2.81 bits per heavy atom. The van der Waals surface area contributed by atoms with Crippen molar-refractivity contribution in [3.8, 4) is 0 Å². The second kappa shape index (κ2) is 5.40. The lowest BCUT2D eigenvalue weighted by Crippen LogP contribution is -2.30. The van der Waals surface area contributed by atoms with Crippen LogP contribution in [-0.4, -0.2) is 19.3 Å². The summed E-state index contributed by atoms with van der Waals surface area (Å²) in [5.74, 6) is -0.706. The molecule has 4 nitrogen and oxygen atoms in total. The minimum Gasteiger partial charge on any atom is -0.396 e. The monoisotopic (exact) mass is 326 g/mol. The van der Waals surface area contributed by atoms with E-state index >= 15 is 0 Å². The second-order valence-corrected chi connectivity index (χ2v) is 7.84. The lowest BCUT2D eigenvalue weighted by atomic mass is 10.2. The zero-order valence-electron chi connectivity index (χ0n) is 11.2. The van der Waals surface area contributed by atoms with Crippen LogP contribution in [0.3, 0.4) is 0 Å². The number of benzene rings is 1. The molecule has 112 valence electrons. The highest BCUT2D eigenvalue weighted by molar-refractivity contribution is 7.89. The number of rotatable bonds is 3. The molecule has 0 amide bonds. The van der Waals surface area contributed by atoms with Crippen LogP contribution in [0.1, 0.15) is 23.8 Å². The van der Waals surface area contributed by atoms with Gasteiger partial charge in [0, 0.05) is 11.4 Å². The summed E-state index contributed by atoms with van der Waals surface area (Å²) in [7, 11) is -3.71. The summed E-state index contributed by atoms with van der Waals surface area (Å²) in [6.45, 7) is 0.455. The van der Waals surface area contributed by atoms with Crippen molar-refractivity contribution in [1.29, 1.82) is 0 Å². The van der Waals surface area contributed by atoms with Crippen molar-refractivity contribution in [3.63, 3.8) is 0 Å². The fourth-order valence-electron chi connectivity index (χ4n) is 2.60. The summed E-state index contributed by atoms with van der Waals surface area (Å²) in [5, 5.41) is 1.93. The van der Waals surface area contributed by atoms with Crippen molar-refractivity contribution >= 4 is 27.0 Å². The number of thiophene rings is 1. The van der Waals surface area contributed by atoms with Gasteiger partial charge in [0.05, 0.1) is 16.6 Å². The Bertz CT molecular complexity index is 744. The van der Waals surface area contributed by atoms with Crippen LogP contribution in [0.25, 0.3) is 0 Å². The summed E-state index contributed by atoms with van der Waals surface area (Å²) in [6.07, 6.45) is 1.59. The van der Waals surface area contributed by atoms with E-state index in [-0.39, 0.29) is 16.6 Å². The molecule has 21 heavy (non-hydrogen) atoms. The van der Waals surface area contributed by atoms with Gasteiger partial charge in [-0.05, 0) is 42.5 Å². The van der Waals surface area contributed by atoms with Gasteiger partial charge in [-0.25, -0.2) is 12.8 Å². The SMILES string of the molecule is Nc1ccc(S(=O)(=O)N2CCCC2c2cccs2)cc1F. The molecular weight excluding hydrogens is 311 g/mol. The third-order valence-electron chi connectivity index (χ3n) is 3.65. The van der Waals surface area contributed by atoms with Gasteiger partial charge in [0.25, 0.3) is 0 Å². The van der Waals surface area contributed by atoms with Crippen LogP contribution in [0.15, 0.2) is 40.6 Å². The van der Waals surface area contributed by atoms with E-state index < -0.39 is 15.8 Å². The van der Waals surface area contributed by atoms with Crippen LogP contribution in [0.5, 0.6) is 0 Å². The maximum absolute atomic E-state index is 13.6. The molecule has 2 heterocycles. The largest absolute Gasteiger partial charge is 0.396 e. The molecule has 1 aliphatic rings. The molecule has 1 atom stereocenters. The second-order valence-electron chi connectivity index (χ2n) is 4.97. The molecule has 2 aromatic rings. The molecule has 1 unspecified atom stereocenters. The van der Waals surface area contributed by atoms with Crippen LogP contribution >= 0.6 is 11.3 Å². The predicted molar refractivity (Wildman–Crippen MR) is 81.0 cm³/mol. The molecule has 7 heteroatoms. The number of anilines is 1. The Kier molecular flexibility index (Phi) is 3.73. The van der Waals surface area contributed by atoms with Crippen LogP contribution in [0, 0.1) is 5.82 Å². The molecule has 0 saturated carbocycles. The normalized spacial score (nSPS) is 20.0. The number of nitrogens with two attached hydrogens (primary N) is 1. The van der Waals surface area contributed by atoms with Gasteiger partial charge >= 0.3 is 0 Å². The fraction of sp³-hybridized carbons (Fsp3) is 0.286. The van der Waals surface area contributed by atoms with E-state index in [0.717, 1.165) is 23.8 Å². The quantitative estimate of drug-likeness (QED) is 0.882. The van der Waals surface area contributed by atoms with Gasteiger partial charge in [0.2, 0.25) is 10.0 Å². The van der Waals surface area contributed by atoms with E-state index in [9.17, 15) is 12.8 Å². The van der Waals surface area contributed by atoms with Crippen molar-refractivity contribution < 1.29 is 12.8 Å². The highest BCUT2D eigenvalue weighted by atomic mass is 32.2. The average molecular weight is 326 g/mol. The molecule has 1 fully saturated rings. The first-order chi connectivity index (χ1) is 10.00.